The Morgan fingerprint density at radius 3 is 2.70 bits per heavy atom. The maximum Gasteiger partial charge on any atom is 0.410 e. The van der Waals surface area contributed by atoms with Gasteiger partial charge < -0.3 is 15.0 Å². The molecule has 1 unspecified atom stereocenters. The Balaban J connectivity index is 1.50. The van der Waals surface area contributed by atoms with Gasteiger partial charge in [-0.3, -0.25) is 0 Å². The van der Waals surface area contributed by atoms with E-state index in [4.69, 9.17) is 4.74 Å². The molecule has 3 atom stereocenters. The van der Waals surface area contributed by atoms with Gasteiger partial charge in [0.25, 0.3) is 0 Å². The number of anilines is 1. The summed E-state index contributed by atoms with van der Waals surface area (Å²) in [6.45, 7) is 9.34. The lowest BCUT2D eigenvalue weighted by atomic mass is 10.1. The smallest absolute Gasteiger partial charge is 0.410 e. The normalized spacial score (nSPS) is 27.0. The highest BCUT2D eigenvalue weighted by atomic mass is 16.6. The van der Waals surface area contributed by atoms with Crippen molar-refractivity contribution in [3.05, 3.63) is 23.9 Å². The van der Waals surface area contributed by atoms with Crippen LogP contribution in [0.5, 0.6) is 0 Å². The van der Waals surface area contributed by atoms with Gasteiger partial charge in [0.1, 0.15) is 11.4 Å². The van der Waals surface area contributed by atoms with E-state index in [1.54, 1.807) is 4.90 Å². The molecule has 3 rings (SSSR count). The number of hydrogen-bond acceptors (Lipinski definition) is 4. The largest absolute Gasteiger partial charge is 0.444 e. The number of nitrogens with zero attached hydrogens (tertiary/aromatic N) is 2. The Hall–Kier alpha value is -1.78. The minimum Gasteiger partial charge on any atom is -0.444 e. The third kappa shape index (κ3) is 4.15. The second-order valence-electron chi connectivity index (χ2n) is 7.85. The summed E-state index contributed by atoms with van der Waals surface area (Å²) in [5, 5.41) is 3.43. The van der Waals surface area contributed by atoms with E-state index in [-0.39, 0.29) is 12.1 Å². The standard InChI is InChI=1S/C18H27N3O2/c1-12-9-15(12)13-5-6-16(19-10-13)20-14-7-8-21(11-14)17(22)23-18(2,3)4/h5-6,10,12,14-15H,7-9,11H2,1-4H3,(H,19,20)/t12-,14+,15?/m0/s1. The fourth-order valence-corrected chi connectivity index (χ4v) is 3.08. The van der Waals surface area contributed by atoms with Gasteiger partial charge >= 0.3 is 6.09 Å². The number of carbonyl (C=O) groups excluding carboxylic acids is 1. The molecule has 1 aromatic heterocycles. The van der Waals surface area contributed by atoms with Crippen molar-refractivity contribution in [1.29, 1.82) is 0 Å². The quantitative estimate of drug-likeness (QED) is 0.925. The molecule has 1 amide bonds. The van der Waals surface area contributed by atoms with Crippen LogP contribution in [0.3, 0.4) is 0 Å². The van der Waals surface area contributed by atoms with Crippen LogP contribution in [0.25, 0.3) is 0 Å². The van der Waals surface area contributed by atoms with Crippen LogP contribution in [0.15, 0.2) is 18.3 Å². The van der Waals surface area contributed by atoms with Gasteiger partial charge in [-0.05, 0) is 57.1 Å². The number of likely N-dealkylation sites (tertiary alicyclic amines) is 1. The molecule has 1 saturated carbocycles. The minimum atomic E-state index is -0.445. The second-order valence-corrected chi connectivity index (χ2v) is 7.85. The summed E-state index contributed by atoms with van der Waals surface area (Å²) >= 11 is 0. The first-order chi connectivity index (χ1) is 10.8. The Morgan fingerprint density at radius 1 is 1.39 bits per heavy atom. The number of aromatic nitrogens is 1. The number of amides is 1. The van der Waals surface area contributed by atoms with E-state index in [1.165, 1.54) is 12.0 Å². The SMILES string of the molecule is C[C@H]1CC1c1ccc(N[C@@H]2CCN(C(=O)OC(C)(C)C)C2)nc1. The van der Waals surface area contributed by atoms with Gasteiger partial charge in [0.2, 0.25) is 0 Å². The summed E-state index contributed by atoms with van der Waals surface area (Å²) in [4.78, 5) is 18.4. The Kier molecular flexibility index (Phi) is 4.21. The van der Waals surface area contributed by atoms with Crippen molar-refractivity contribution in [2.45, 2.75) is 58.1 Å². The first kappa shape index (κ1) is 16.1. The molecule has 23 heavy (non-hydrogen) atoms. The molecule has 1 aromatic rings. The van der Waals surface area contributed by atoms with Crippen LogP contribution in [0.4, 0.5) is 10.6 Å². The Bertz CT molecular complexity index is 565. The highest BCUT2D eigenvalue weighted by Gasteiger charge is 2.34. The van der Waals surface area contributed by atoms with E-state index in [2.05, 4.69) is 29.4 Å². The molecular weight excluding hydrogens is 290 g/mol. The summed E-state index contributed by atoms with van der Waals surface area (Å²) in [5.74, 6) is 2.39. The van der Waals surface area contributed by atoms with Crippen molar-refractivity contribution in [3.63, 3.8) is 0 Å². The molecule has 1 N–H and O–H groups in total. The molecular formula is C18H27N3O2. The van der Waals surface area contributed by atoms with Gasteiger partial charge in [-0.25, -0.2) is 9.78 Å². The predicted molar refractivity (Wildman–Crippen MR) is 90.6 cm³/mol. The molecule has 2 aliphatic rings. The van der Waals surface area contributed by atoms with Crippen molar-refractivity contribution >= 4 is 11.9 Å². The molecule has 126 valence electrons. The lowest BCUT2D eigenvalue weighted by Crippen LogP contribution is -2.36. The molecule has 0 aromatic carbocycles. The van der Waals surface area contributed by atoms with E-state index in [0.29, 0.717) is 12.5 Å². The van der Waals surface area contributed by atoms with Gasteiger partial charge in [-0.2, -0.15) is 0 Å². The van der Waals surface area contributed by atoms with E-state index < -0.39 is 5.60 Å². The number of pyridine rings is 1. The number of nitrogens with one attached hydrogen (secondary N) is 1. The van der Waals surface area contributed by atoms with Crippen molar-refractivity contribution in [3.8, 4) is 0 Å². The highest BCUT2D eigenvalue weighted by molar-refractivity contribution is 5.68. The van der Waals surface area contributed by atoms with Crippen LogP contribution < -0.4 is 5.32 Å². The van der Waals surface area contributed by atoms with Crippen molar-refractivity contribution in [2.24, 2.45) is 5.92 Å². The molecule has 2 heterocycles. The summed E-state index contributed by atoms with van der Waals surface area (Å²) in [5.41, 5.74) is 0.893. The average molecular weight is 317 g/mol. The fourth-order valence-electron chi connectivity index (χ4n) is 3.08. The van der Waals surface area contributed by atoms with Crippen LogP contribution in [-0.2, 0) is 4.74 Å². The summed E-state index contributed by atoms with van der Waals surface area (Å²) in [6.07, 6.45) is 3.95. The number of carbonyl (C=O) groups is 1. The first-order valence-corrected chi connectivity index (χ1v) is 8.52. The number of hydrogen-bond donors (Lipinski definition) is 1. The molecule has 5 heteroatoms. The maximum absolute atomic E-state index is 12.1. The van der Waals surface area contributed by atoms with Gasteiger partial charge in [0.05, 0.1) is 0 Å². The minimum absolute atomic E-state index is 0.229. The van der Waals surface area contributed by atoms with E-state index in [0.717, 1.165) is 24.7 Å². The Morgan fingerprint density at radius 2 is 2.13 bits per heavy atom. The lowest BCUT2D eigenvalue weighted by Gasteiger charge is -2.24. The van der Waals surface area contributed by atoms with Crippen LogP contribution >= 0.6 is 0 Å². The molecule has 0 bridgehead atoms. The van der Waals surface area contributed by atoms with E-state index >= 15 is 0 Å². The number of ether oxygens (including phenoxy) is 1. The molecule has 1 aliphatic heterocycles. The van der Waals surface area contributed by atoms with Crippen LogP contribution in [-0.4, -0.2) is 40.7 Å². The van der Waals surface area contributed by atoms with Gasteiger partial charge in [-0.15, -0.1) is 0 Å². The first-order valence-electron chi connectivity index (χ1n) is 8.52. The topological polar surface area (TPSA) is 54.5 Å². The highest BCUT2D eigenvalue weighted by Crippen LogP contribution is 2.46. The van der Waals surface area contributed by atoms with Crippen LogP contribution in [0, 0.1) is 5.92 Å². The predicted octanol–water partition coefficient (Wildman–Crippen LogP) is 3.63. The fraction of sp³-hybridized carbons (Fsp3) is 0.667. The zero-order chi connectivity index (χ0) is 16.6. The lowest BCUT2D eigenvalue weighted by molar-refractivity contribution is 0.0293. The van der Waals surface area contributed by atoms with Gasteiger partial charge in [0, 0.05) is 25.3 Å². The molecule has 2 fully saturated rings. The van der Waals surface area contributed by atoms with Crippen LogP contribution in [0.2, 0.25) is 0 Å². The summed E-state index contributed by atoms with van der Waals surface area (Å²) in [7, 11) is 0. The van der Waals surface area contributed by atoms with E-state index in [1.807, 2.05) is 27.0 Å². The van der Waals surface area contributed by atoms with E-state index in [9.17, 15) is 4.79 Å². The molecule has 1 aliphatic carbocycles. The van der Waals surface area contributed by atoms with Crippen molar-refractivity contribution < 1.29 is 9.53 Å². The zero-order valence-electron chi connectivity index (χ0n) is 14.5. The van der Waals surface area contributed by atoms with Crippen molar-refractivity contribution in [1.82, 2.24) is 9.88 Å². The molecule has 0 radical (unpaired) electrons. The van der Waals surface area contributed by atoms with Gasteiger partial charge in [-0.1, -0.05) is 13.0 Å². The maximum atomic E-state index is 12.1. The van der Waals surface area contributed by atoms with Crippen LogP contribution in [0.1, 0.15) is 52.0 Å². The summed E-state index contributed by atoms with van der Waals surface area (Å²) < 4.78 is 5.42. The van der Waals surface area contributed by atoms with Gasteiger partial charge in [0.15, 0.2) is 0 Å². The Labute approximate surface area is 138 Å². The molecule has 0 spiro atoms. The summed E-state index contributed by atoms with van der Waals surface area (Å²) in [6, 6.07) is 4.46. The zero-order valence-corrected chi connectivity index (χ0v) is 14.5. The monoisotopic (exact) mass is 317 g/mol. The average Bonchev–Trinajstić information content (AvgIpc) is 3.00. The second kappa shape index (κ2) is 6.02. The third-order valence-electron chi connectivity index (χ3n) is 4.52. The number of rotatable bonds is 3. The molecule has 1 saturated heterocycles. The van der Waals surface area contributed by atoms with Crippen molar-refractivity contribution in [2.75, 3.05) is 18.4 Å². The third-order valence-corrected chi connectivity index (χ3v) is 4.52. The molecule has 5 nitrogen and oxygen atoms in total.